The van der Waals surface area contributed by atoms with E-state index in [1.54, 1.807) is 6.07 Å². The third kappa shape index (κ3) is 3.31. The second-order valence-corrected chi connectivity index (χ2v) is 3.11. The molecule has 17 heavy (non-hydrogen) atoms. The summed E-state index contributed by atoms with van der Waals surface area (Å²) in [5, 5.41) is 8.41. The molecule has 0 saturated carbocycles. The predicted molar refractivity (Wildman–Crippen MR) is 47.6 cm³/mol. The molecule has 0 saturated heterocycles. The maximum absolute atomic E-state index is 13.1. The van der Waals surface area contributed by atoms with Crippen molar-refractivity contribution in [2.45, 2.75) is 12.3 Å². The Morgan fingerprint density at radius 3 is 2.47 bits per heavy atom. The standard InChI is InChI=1S/C10H6F5NO/c11-7-3-6(4-16)1-2-8(7)17-5-10(14,15)9(12)13/h1-3,9H,5H2. The quantitative estimate of drug-likeness (QED) is 0.770. The summed E-state index contributed by atoms with van der Waals surface area (Å²) < 4.78 is 65.8. The number of nitriles is 1. The van der Waals surface area contributed by atoms with Crippen LogP contribution in [0.25, 0.3) is 0 Å². The summed E-state index contributed by atoms with van der Waals surface area (Å²) in [6.45, 7) is -1.63. The van der Waals surface area contributed by atoms with Gasteiger partial charge in [0.15, 0.2) is 18.2 Å². The molecule has 0 bridgehead atoms. The van der Waals surface area contributed by atoms with Crippen molar-refractivity contribution in [2.24, 2.45) is 0 Å². The zero-order valence-electron chi connectivity index (χ0n) is 8.26. The molecule has 0 spiro atoms. The molecule has 0 aromatic heterocycles. The van der Waals surface area contributed by atoms with Gasteiger partial charge in [0.1, 0.15) is 0 Å². The first-order chi connectivity index (χ1) is 7.86. The molecule has 0 aliphatic carbocycles. The van der Waals surface area contributed by atoms with E-state index in [-0.39, 0.29) is 5.56 Å². The lowest BCUT2D eigenvalue weighted by molar-refractivity contribution is -0.148. The summed E-state index contributed by atoms with van der Waals surface area (Å²) in [6, 6.07) is 4.43. The van der Waals surface area contributed by atoms with Crippen molar-refractivity contribution < 1.29 is 26.7 Å². The smallest absolute Gasteiger partial charge is 0.340 e. The number of hydrogen-bond donors (Lipinski definition) is 0. The van der Waals surface area contributed by atoms with Crippen LogP contribution in [0.4, 0.5) is 22.0 Å². The van der Waals surface area contributed by atoms with Crippen molar-refractivity contribution in [3.05, 3.63) is 29.6 Å². The van der Waals surface area contributed by atoms with E-state index in [1.807, 2.05) is 0 Å². The van der Waals surface area contributed by atoms with E-state index < -0.39 is 30.5 Å². The van der Waals surface area contributed by atoms with Crippen LogP contribution in [-0.2, 0) is 0 Å². The lowest BCUT2D eigenvalue weighted by atomic mass is 10.2. The largest absolute Gasteiger partial charge is 0.484 e. The van der Waals surface area contributed by atoms with Crippen LogP contribution in [0.2, 0.25) is 0 Å². The Morgan fingerprint density at radius 2 is 2.00 bits per heavy atom. The summed E-state index contributed by atoms with van der Waals surface area (Å²) >= 11 is 0. The maximum atomic E-state index is 13.1. The van der Waals surface area contributed by atoms with Gasteiger partial charge in [0.25, 0.3) is 0 Å². The third-order valence-corrected chi connectivity index (χ3v) is 1.80. The fourth-order valence-electron chi connectivity index (χ4n) is 0.924. The Balaban J connectivity index is 2.74. The zero-order chi connectivity index (χ0) is 13.1. The first kappa shape index (κ1) is 13.2. The predicted octanol–water partition coefficient (Wildman–Crippen LogP) is 2.98. The fourth-order valence-corrected chi connectivity index (χ4v) is 0.924. The topological polar surface area (TPSA) is 33.0 Å². The minimum absolute atomic E-state index is 0.0320. The molecular weight excluding hydrogens is 245 g/mol. The highest BCUT2D eigenvalue weighted by Gasteiger charge is 2.41. The van der Waals surface area contributed by atoms with Crippen molar-refractivity contribution in [1.29, 1.82) is 5.26 Å². The average molecular weight is 251 g/mol. The Labute approximate surface area is 93.2 Å². The van der Waals surface area contributed by atoms with E-state index >= 15 is 0 Å². The molecule has 0 aliphatic heterocycles. The van der Waals surface area contributed by atoms with Crippen LogP contribution in [0.3, 0.4) is 0 Å². The number of benzene rings is 1. The lowest BCUT2D eigenvalue weighted by Gasteiger charge is -2.16. The van der Waals surface area contributed by atoms with Crippen LogP contribution in [-0.4, -0.2) is 19.0 Å². The Morgan fingerprint density at radius 1 is 1.35 bits per heavy atom. The van der Waals surface area contributed by atoms with E-state index in [1.165, 1.54) is 0 Å². The molecule has 0 amide bonds. The molecule has 1 rings (SSSR count). The minimum atomic E-state index is -4.35. The molecule has 0 unspecified atom stereocenters. The highest BCUT2D eigenvalue weighted by Crippen LogP contribution is 2.25. The van der Waals surface area contributed by atoms with Gasteiger partial charge >= 0.3 is 12.3 Å². The first-order valence-corrected chi connectivity index (χ1v) is 4.35. The van der Waals surface area contributed by atoms with E-state index in [0.29, 0.717) is 0 Å². The summed E-state index contributed by atoms with van der Waals surface area (Å²) in [4.78, 5) is 0. The second kappa shape index (κ2) is 4.99. The molecule has 2 nitrogen and oxygen atoms in total. The number of alkyl halides is 4. The Kier molecular flexibility index (Phi) is 3.89. The fraction of sp³-hybridized carbons (Fsp3) is 0.300. The van der Waals surface area contributed by atoms with Crippen LogP contribution in [0, 0.1) is 17.1 Å². The minimum Gasteiger partial charge on any atom is -0.484 e. The molecule has 0 N–H and O–H groups in total. The van der Waals surface area contributed by atoms with Crippen molar-refractivity contribution in [1.82, 2.24) is 0 Å². The molecule has 0 atom stereocenters. The van der Waals surface area contributed by atoms with Crippen molar-refractivity contribution in [3.8, 4) is 11.8 Å². The maximum Gasteiger partial charge on any atom is 0.340 e. The van der Waals surface area contributed by atoms with Gasteiger partial charge in [-0.05, 0) is 18.2 Å². The molecule has 0 aliphatic rings. The number of halogens is 5. The van der Waals surface area contributed by atoms with Gasteiger partial charge in [-0.3, -0.25) is 0 Å². The van der Waals surface area contributed by atoms with E-state index in [9.17, 15) is 22.0 Å². The van der Waals surface area contributed by atoms with Gasteiger partial charge in [-0.2, -0.15) is 14.0 Å². The zero-order valence-corrected chi connectivity index (χ0v) is 8.26. The first-order valence-electron chi connectivity index (χ1n) is 4.35. The molecule has 7 heteroatoms. The number of hydrogen-bond acceptors (Lipinski definition) is 2. The lowest BCUT2D eigenvalue weighted by Crippen LogP contribution is -2.33. The van der Waals surface area contributed by atoms with Crippen LogP contribution in [0.5, 0.6) is 5.75 Å². The molecule has 92 valence electrons. The van der Waals surface area contributed by atoms with E-state index in [0.717, 1.165) is 18.2 Å². The van der Waals surface area contributed by atoms with Crippen LogP contribution < -0.4 is 4.74 Å². The molecule has 0 heterocycles. The summed E-state index contributed by atoms with van der Waals surface area (Å²) in [5.74, 6) is -6.01. The van der Waals surface area contributed by atoms with Crippen LogP contribution in [0.1, 0.15) is 5.56 Å². The third-order valence-electron chi connectivity index (χ3n) is 1.80. The molecular formula is C10H6F5NO. The summed E-state index contributed by atoms with van der Waals surface area (Å²) in [5.41, 5.74) is -0.0320. The Hall–Kier alpha value is -1.84. The monoisotopic (exact) mass is 251 g/mol. The van der Waals surface area contributed by atoms with Crippen molar-refractivity contribution in [2.75, 3.05) is 6.61 Å². The average Bonchev–Trinajstić information content (AvgIpc) is 2.27. The normalized spacial score (nSPS) is 11.4. The molecule has 1 aromatic rings. The molecule has 0 fully saturated rings. The highest BCUT2D eigenvalue weighted by molar-refractivity contribution is 5.35. The van der Waals surface area contributed by atoms with Gasteiger partial charge in [0.05, 0.1) is 11.6 Å². The van der Waals surface area contributed by atoms with Gasteiger partial charge in [-0.25, -0.2) is 13.2 Å². The molecule has 1 aromatic carbocycles. The number of rotatable bonds is 4. The van der Waals surface area contributed by atoms with Gasteiger partial charge in [0.2, 0.25) is 0 Å². The van der Waals surface area contributed by atoms with E-state index in [4.69, 9.17) is 5.26 Å². The van der Waals surface area contributed by atoms with Crippen molar-refractivity contribution >= 4 is 0 Å². The van der Waals surface area contributed by atoms with Gasteiger partial charge in [-0.15, -0.1) is 0 Å². The van der Waals surface area contributed by atoms with Crippen LogP contribution in [0.15, 0.2) is 18.2 Å². The highest BCUT2D eigenvalue weighted by atomic mass is 19.3. The summed E-state index contributed by atoms with van der Waals surface area (Å²) in [7, 11) is 0. The second-order valence-electron chi connectivity index (χ2n) is 3.11. The van der Waals surface area contributed by atoms with Crippen molar-refractivity contribution in [3.63, 3.8) is 0 Å². The Bertz CT molecular complexity index is 441. The molecule has 0 radical (unpaired) electrons. The van der Waals surface area contributed by atoms with Gasteiger partial charge in [-0.1, -0.05) is 0 Å². The SMILES string of the molecule is N#Cc1ccc(OCC(F)(F)C(F)F)c(F)c1. The van der Waals surface area contributed by atoms with Crippen LogP contribution >= 0.6 is 0 Å². The van der Waals surface area contributed by atoms with Gasteiger partial charge in [0, 0.05) is 0 Å². The van der Waals surface area contributed by atoms with E-state index in [2.05, 4.69) is 4.74 Å². The summed E-state index contributed by atoms with van der Waals surface area (Å²) in [6.07, 6.45) is -3.89. The number of ether oxygens (including phenoxy) is 1. The number of nitrogens with zero attached hydrogens (tertiary/aromatic N) is 1. The van der Waals surface area contributed by atoms with Gasteiger partial charge < -0.3 is 4.74 Å².